The van der Waals surface area contributed by atoms with Crippen molar-refractivity contribution in [3.05, 3.63) is 93.9 Å². The van der Waals surface area contributed by atoms with Crippen LogP contribution in [0.3, 0.4) is 0 Å². The van der Waals surface area contributed by atoms with Gasteiger partial charge in [-0.15, -0.1) is 11.5 Å². The second-order valence-electron chi connectivity index (χ2n) is 4.64. The molecule has 0 aliphatic heterocycles. The first-order valence-electron chi connectivity index (χ1n) is 6.73. The van der Waals surface area contributed by atoms with Crippen molar-refractivity contribution in [2.75, 3.05) is 0 Å². The molecule has 1 aromatic rings. The second kappa shape index (κ2) is 6.85. The van der Waals surface area contributed by atoms with Crippen LogP contribution in [0.15, 0.2) is 82.8 Å². The molecule has 0 aromatic heterocycles. The first kappa shape index (κ1) is 13.6. The molecule has 2 atom stereocenters. The summed E-state index contributed by atoms with van der Waals surface area (Å²) < 4.78 is 0. The van der Waals surface area contributed by atoms with E-state index >= 15 is 0 Å². The molecule has 20 heavy (non-hydrogen) atoms. The zero-order chi connectivity index (χ0) is 13.6. The standard InChI is InChI=1S/C18H16P2/c1-2-8-16(14-20-18-11-5-6-12-18)15(7-1)13-19-17-9-3-4-10-17/h1-9,11,19-20H,13-14H2. The van der Waals surface area contributed by atoms with Gasteiger partial charge in [-0.2, -0.15) is 0 Å². The van der Waals surface area contributed by atoms with Crippen molar-refractivity contribution in [3.63, 3.8) is 0 Å². The molecule has 98 valence electrons. The molecule has 0 nitrogen and oxygen atoms in total. The van der Waals surface area contributed by atoms with Gasteiger partial charge in [-0.25, -0.2) is 0 Å². The van der Waals surface area contributed by atoms with E-state index in [-0.39, 0.29) is 0 Å². The Kier molecular flexibility index (Phi) is 4.65. The summed E-state index contributed by atoms with van der Waals surface area (Å²) in [5.74, 6) is 0. The Morgan fingerprint density at radius 3 is 1.65 bits per heavy atom. The lowest BCUT2D eigenvalue weighted by Gasteiger charge is -2.09. The molecule has 0 bridgehead atoms. The van der Waals surface area contributed by atoms with Crippen LogP contribution in [0.5, 0.6) is 0 Å². The van der Waals surface area contributed by atoms with Gasteiger partial charge >= 0.3 is 0 Å². The molecule has 0 amide bonds. The van der Waals surface area contributed by atoms with Gasteiger partial charge in [-0.05, 0) is 47.8 Å². The van der Waals surface area contributed by atoms with Crippen LogP contribution < -0.4 is 0 Å². The summed E-state index contributed by atoms with van der Waals surface area (Å²) in [6.07, 6.45) is 14.7. The zero-order valence-corrected chi connectivity index (χ0v) is 13.2. The molecule has 0 N–H and O–H groups in total. The highest BCUT2D eigenvalue weighted by Crippen LogP contribution is 2.35. The van der Waals surface area contributed by atoms with E-state index in [4.69, 9.17) is 0 Å². The minimum atomic E-state index is 0.820. The molecule has 2 heteroatoms. The molecule has 3 rings (SSSR count). The summed E-state index contributed by atoms with van der Waals surface area (Å²) in [4.78, 5) is 0. The first-order valence-corrected chi connectivity index (χ1v) is 9.14. The average molecular weight is 294 g/mol. The Morgan fingerprint density at radius 1 is 0.750 bits per heavy atom. The van der Waals surface area contributed by atoms with Crippen LogP contribution >= 0.6 is 17.2 Å². The quantitative estimate of drug-likeness (QED) is 0.496. The van der Waals surface area contributed by atoms with Gasteiger partial charge in [0.05, 0.1) is 0 Å². The van der Waals surface area contributed by atoms with Gasteiger partial charge in [0.2, 0.25) is 0 Å². The van der Waals surface area contributed by atoms with Crippen LogP contribution in [-0.4, -0.2) is 0 Å². The van der Waals surface area contributed by atoms with E-state index in [2.05, 4.69) is 60.0 Å². The average Bonchev–Trinajstić information content (AvgIpc) is 3.17. The lowest BCUT2D eigenvalue weighted by Crippen LogP contribution is -1.88. The van der Waals surface area contributed by atoms with Gasteiger partial charge in [0.15, 0.2) is 0 Å². The van der Waals surface area contributed by atoms with Gasteiger partial charge < -0.3 is 0 Å². The molecule has 0 saturated carbocycles. The molecule has 2 unspecified atom stereocenters. The van der Waals surface area contributed by atoms with E-state index in [1.807, 2.05) is 12.2 Å². The van der Waals surface area contributed by atoms with Gasteiger partial charge in [0, 0.05) is 10.6 Å². The van der Waals surface area contributed by atoms with Gasteiger partial charge in [-0.1, -0.05) is 53.6 Å². The van der Waals surface area contributed by atoms with Crippen LogP contribution in [0.25, 0.3) is 0 Å². The molecular formula is C18H16P2. The number of benzene rings is 1. The summed E-state index contributed by atoms with van der Waals surface area (Å²) in [6, 6.07) is 8.83. The molecule has 0 fully saturated rings. The van der Waals surface area contributed by atoms with Crippen molar-refractivity contribution >= 4 is 17.2 Å². The smallest absolute Gasteiger partial charge is 0.0146 e. The van der Waals surface area contributed by atoms with Crippen LogP contribution in [0.1, 0.15) is 11.1 Å². The van der Waals surface area contributed by atoms with E-state index in [9.17, 15) is 0 Å². The lowest BCUT2D eigenvalue weighted by atomic mass is 10.1. The second-order valence-corrected chi connectivity index (χ2v) is 7.13. The van der Waals surface area contributed by atoms with Crippen molar-refractivity contribution < 1.29 is 0 Å². The Hall–Kier alpha value is -1.40. The van der Waals surface area contributed by atoms with Gasteiger partial charge in [-0.3, -0.25) is 0 Å². The predicted molar refractivity (Wildman–Crippen MR) is 92.0 cm³/mol. The highest BCUT2D eigenvalue weighted by molar-refractivity contribution is 7.43. The molecule has 0 radical (unpaired) electrons. The molecular weight excluding hydrogens is 278 g/mol. The fourth-order valence-electron chi connectivity index (χ4n) is 2.16. The Morgan fingerprint density at radius 2 is 1.25 bits per heavy atom. The van der Waals surface area contributed by atoms with Crippen molar-refractivity contribution in [1.29, 1.82) is 0 Å². The minimum absolute atomic E-state index is 0.820. The number of hydrogen-bond acceptors (Lipinski definition) is 0. The predicted octanol–water partition coefficient (Wildman–Crippen LogP) is 5.26. The van der Waals surface area contributed by atoms with Gasteiger partial charge in [0.25, 0.3) is 0 Å². The third kappa shape index (κ3) is 3.58. The van der Waals surface area contributed by atoms with E-state index in [1.54, 1.807) is 0 Å². The minimum Gasteiger partial charge on any atom is -0.113 e. The summed E-state index contributed by atoms with van der Waals surface area (Å²) in [5, 5.41) is 2.68. The molecule has 1 aromatic carbocycles. The Balaban J connectivity index is 1.64. The monoisotopic (exact) mass is 294 g/mol. The number of hydrogen-bond donors (Lipinski definition) is 0. The maximum atomic E-state index is 3.29. The van der Waals surface area contributed by atoms with Crippen molar-refractivity contribution in [2.45, 2.75) is 12.3 Å². The van der Waals surface area contributed by atoms with E-state index in [0.717, 1.165) is 29.5 Å². The Labute approximate surface area is 123 Å². The van der Waals surface area contributed by atoms with Gasteiger partial charge in [0.1, 0.15) is 0 Å². The van der Waals surface area contributed by atoms with Crippen molar-refractivity contribution in [1.82, 2.24) is 0 Å². The number of allylic oxidation sites excluding steroid dienone is 6. The van der Waals surface area contributed by atoms with Crippen LogP contribution in [0.2, 0.25) is 0 Å². The van der Waals surface area contributed by atoms with E-state index < -0.39 is 0 Å². The topological polar surface area (TPSA) is 0 Å². The van der Waals surface area contributed by atoms with Crippen molar-refractivity contribution in [3.8, 4) is 0 Å². The van der Waals surface area contributed by atoms with Crippen LogP contribution in [0, 0.1) is 0 Å². The largest absolute Gasteiger partial charge is 0.113 e. The molecule has 0 saturated heterocycles. The number of rotatable bonds is 6. The SMILES string of the molecule is C1=CC=CC=1PCc1ccccc1CPC1=C=CC=C1. The van der Waals surface area contributed by atoms with E-state index in [1.165, 1.54) is 21.8 Å². The lowest BCUT2D eigenvalue weighted by molar-refractivity contribution is 1.28. The molecule has 2 aliphatic rings. The third-order valence-electron chi connectivity index (χ3n) is 3.25. The molecule has 2 aliphatic carbocycles. The summed E-state index contributed by atoms with van der Waals surface area (Å²) >= 11 is 0. The van der Waals surface area contributed by atoms with Crippen molar-refractivity contribution in [2.24, 2.45) is 0 Å². The fourth-order valence-corrected chi connectivity index (χ4v) is 4.41. The molecule has 0 spiro atoms. The summed E-state index contributed by atoms with van der Waals surface area (Å²) in [5.41, 5.74) is 9.55. The zero-order valence-electron chi connectivity index (χ0n) is 11.2. The third-order valence-corrected chi connectivity index (χ3v) is 5.75. The fraction of sp³-hybridized carbons (Fsp3) is 0.111. The normalized spacial score (nSPS) is 16.2. The summed E-state index contributed by atoms with van der Waals surface area (Å²) in [7, 11) is 1.64. The maximum Gasteiger partial charge on any atom is 0.0146 e. The first-order chi connectivity index (χ1) is 9.92. The highest BCUT2D eigenvalue weighted by atomic mass is 31.1. The summed E-state index contributed by atoms with van der Waals surface area (Å²) in [6.45, 7) is 0. The van der Waals surface area contributed by atoms with Crippen LogP contribution in [-0.2, 0) is 12.3 Å². The highest BCUT2D eigenvalue weighted by Gasteiger charge is 2.04. The maximum absolute atomic E-state index is 3.29. The molecule has 0 heterocycles. The Bertz CT molecular complexity index is 631. The van der Waals surface area contributed by atoms with E-state index in [0.29, 0.717) is 0 Å². The van der Waals surface area contributed by atoms with Crippen LogP contribution in [0.4, 0.5) is 0 Å².